The van der Waals surface area contributed by atoms with Crippen molar-refractivity contribution in [2.75, 3.05) is 0 Å². The van der Waals surface area contributed by atoms with E-state index < -0.39 is 13.5 Å². The lowest BCUT2D eigenvalue weighted by Crippen LogP contribution is -2.44. The van der Waals surface area contributed by atoms with E-state index >= 15 is 0 Å². The number of hydrogen-bond acceptors (Lipinski definition) is 2. The summed E-state index contributed by atoms with van der Waals surface area (Å²) in [6.07, 6.45) is 4.07. The van der Waals surface area contributed by atoms with Gasteiger partial charge in [-0.1, -0.05) is 202 Å². The van der Waals surface area contributed by atoms with Crippen LogP contribution in [0.5, 0.6) is 0 Å². The normalized spacial score (nSPS) is 13.5. The second-order valence-corrected chi connectivity index (χ2v) is 25.4. The first-order valence-corrected chi connectivity index (χ1v) is 28.0. The van der Waals surface area contributed by atoms with Gasteiger partial charge in [0.1, 0.15) is 13.7 Å². The van der Waals surface area contributed by atoms with Gasteiger partial charge in [0.2, 0.25) is 0 Å². The smallest absolute Gasteiger partial charge is 0.147 e. The molecule has 0 aliphatic heterocycles. The van der Waals surface area contributed by atoms with Crippen LogP contribution in [-0.4, -0.2) is 22.4 Å². The van der Waals surface area contributed by atoms with Crippen LogP contribution in [-0.2, 0) is 5.41 Å². The average Bonchev–Trinajstić information content (AvgIpc) is 4.10. The number of nitrogens with zero attached hydrogens (tertiary/aromatic N) is 3. The van der Waals surface area contributed by atoms with E-state index in [2.05, 4.69) is 236 Å². The van der Waals surface area contributed by atoms with E-state index in [1.54, 1.807) is 0 Å². The molecule has 70 heavy (non-hydrogen) atoms. The minimum atomic E-state index is -2.02. The zero-order valence-electron chi connectivity index (χ0n) is 39.1. The minimum Gasteiger partial charge on any atom is -0.291 e. The molecule has 0 amide bonds. The second kappa shape index (κ2) is 14.3. The van der Waals surface area contributed by atoms with Crippen LogP contribution in [0.1, 0.15) is 22.3 Å². The fourth-order valence-corrected chi connectivity index (χ4v) is 14.3. The Bertz CT molecular complexity index is 4320. The van der Waals surface area contributed by atoms with E-state index in [0.29, 0.717) is 0 Å². The predicted octanol–water partition coefficient (Wildman–Crippen LogP) is 16.4. The molecular formula is C66H45N3Si. The maximum Gasteiger partial charge on any atom is 0.147 e. The van der Waals surface area contributed by atoms with Gasteiger partial charge in [-0.2, -0.15) is 0 Å². The molecule has 0 saturated carbocycles. The summed E-state index contributed by atoms with van der Waals surface area (Å²) in [6.45, 7) is 7.18. The number of hydrogen-bond donors (Lipinski definition) is 0. The Morgan fingerprint density at radius 1 is 0.386 bits per heavy atom. The van der Waals surface area contributed by atoms with Crippen molar-refractivity contribution >= 4 is 73.2 Å². The highest BCUT2D eigenvalue weighted by Gasteiger charge is 2.52. The zero-order chi connectivity index (χ0) is 46.5. The molecule has 3 nitrogen and oxygen atoms in total. The molecule has 2 heterocycles. The molecule has 2 aliphatic rings. The van der Waals surface area contributed by atoms with Crippen molar-refractivity contribution in [1.29, 1.82) is 0 Å². The van der Waals surface area contributed by atoms with Crippen molar-refractivity contribution in [1.82, 2.24) is 14.4 Å². The second-order valence-electron chi connectivity index (χ2n) is 20.4. The third-order valence-corrected chi connectivity index (χ3v) is 17.4. The molecule has 2 aliphatic carbocycles. The maximum absolute atomic E-state index is 5.85. The Labute approximate surface area is 407 Å². The summed E-state index contributed by atoms with van der Waals surface area (Å²) in [5.41, 5.74) is 20.2. The molecule has 0 atom stereocenters. The molecular weight excluding hydrogens is 863 g/mol. The van der Waals surface area contributed by atoms with E-state index in [1.807, 2.05) is 6.20 Å². The van der Waals surface area contributed by atoms with E-state index in [1.165, 1.54) is 110 Å². The van der Waals surface area contributed by atoms with Gasteiger partial charge in [-0.25, -0.2) is 9.97 Å². The van der Waals surface area contributed by atoms with Gasteiger partial charge >= 0.3 is 0 Å². The van der Waals surface area contributed by atoms with Crippen molar-refractivity contribution in [3.63, 3.8) is 0 Å². The van der Waals surface area contributed by atoms with Crippen LogP contribution in [0.3, 0.4) is 0 Å². The minimum absolute atomic E-state index is 0.510. The SMILES string of the molecule is C[Si](C)(C)c1nc2c(-c3cc4c(c5ccccc35)-c3ccccc3C43c4ccccc4-c4ccccc43)cc(-c3c4ccccc4c(-c4ccc5ccccc5c4)c4ccccc34)cc2c2nccn12. The number of aromatic nitrogens is 3. The molecule has 0 fully saturated rings. The van der Waals surface area contributed by atoms with Crippen LogP contribution >= 0.6 is 0 Å². The first-order chi connectivity index (χ1) is 34.4. The van der Waals surface area contributed by atoms with Gasteiger partial charge in [-0.3, -0.25) is 4.40 Å². The Kier molecular flexibility index (Phi) is 8.08. The van der Waals surface area contributed by atoms with Gasteiger partial charge in [0, 0.05) is 23.3 Å². The third-order valence-electron chi connectivity index (χ3n) is 15.7. The van der Waals surface area contributed by atoms with Gasteiger partial charge in [0.25, 0.3) is 0 Å². The topological polar surface area (TPSA) is 30.2 Å². The van der Waals surface area contributed by atoms with Gasteiger partial charge in [0.05, 0.1) is 16.4 Å². The maximum atomic E-state index is 5.85. The summed E-state index contributed by atoms with van der Waals surface area (Å²) in [5.74, 6) is 0. The fourth-order valence-electron chi connectivity index (χ4n) is 12.9. The summed E-state index contributed by atoms with van der Waals surface area (Å²) < 4.78 is 2.28. The van der Waals surface area contributed by atoms with Crippen LogP contribution in [0.2, 0.25) is 19.6 Å². The molecule has 0 unspecified atom stereocenters. The Hall–Kier alpha value is -8.44. The highest BCUT2D eigenvalue weighted by Crippen LogP contribution is 2.64. The first kappa shape index (κ1) is 39.5. The van der Waals surface area contributed by atoms with Crippen LogP contribution in [0.15, 0.2) is 219 Å². The largest absolute Gasteiger partial charge is 0.291 e. The lowest BCUT2D eigenvalue weighted by molar-refractivity contribution is 0.795. The number of benzene rings is 11. The monoisotopic (exact) mass is 907 g/mol. The quantitative estimate of drug-likeness (QED) is 0.130. The Balaban J connectivity index is 1.10. The summed E-state index contributed by atoms with van der Waals surface area (Å²) in [5, 5.41) is 10.9. The van der Waals surface area contributed by atoms with Gasteiger partial charge in [0.15, 0.2) is 0 Å². The zero-order valence-corrected chi connectivity index (χ0v) is 40.1. The standard InChI is InChI=1S/C66H45N3Si/c1-70(2,3)65-68-63-54(53-39-59-62(47-23-7-6-20-44(47)53)52-28-14-17-31-58(52)66(59)56-29-15-12-21-45(56)46-22-13-16-30-57(46)66)37-43(38-55(63)64-67-34-35-69(64)65)61-50-26-10-8-24-48(50)60(49-25-9-11-27-51(49)61)42-33-32-40-18-4-5-19-41(40)36-42/h4-39H,1-3H3. The van der Waals surface area contributed by atoms with Gasteiger partial charge in [-0.15, -0.1) is 0 Å². The Morgan fingerprint density at radius 3 is 1.53 bits per heavy atom. The third kappa shape index (κ3) is 5.23. The number of imidazole rings is 1. The molecule has 0 radical (unpaired) electrons. The predicted molar refractivity (Wildman–Crippen MR) is 296 cm³/mol. The van der Waals surface area contributed by atoms with Gasteiger partial charge < -0.3 is 0 Å². The van der Waals surface area contributed by atoms with Crippen molar-refractivity contribution in [3.8, 4) is 55.6 Å². The summed E-state index contributed by atoms with van der Waals surface area (Å²) in [6, 6.07) is 77.6. The summed E-state index contributed by atoms with van der Waals surface area (Å²) in [4.78, 5) is 11.0. The van der Waals surface area contributed by atoms with Crippen molar-refractivity contribution in [2.24, 2.45) is 0 Å². The van der Waals surface area contributed by atoms with Gasteiger partial charge in [-0.05, 0) is 140 Å². The van der Waals surface area contributed by atoms with E-state index in [0.717, 1.165) is 33.1 Å². The molecule has 2 aromatic heterocycles. The summed E-state index contributed by atoms with van der Waals surface area (Å²) in [7, 11) is -2.02. The molecule has 11 aromatic carbocycles. The van der Waals surface area contributed by atoms with E-state index in [9.17, 15) is 0 Å². The molecule has 1 spiro atoms. The lowest BCUT2D eigenvalue weighted by atomic mass is 9.70. The number of rotatable bonds is 4. The average molecular weight is 908 g/mol. The van der Waals surface area contributed by atoms with Crippen LogP contribution in [0, 0.1) is 0 Å². The molecule has 328 valence electrons. The first-order valence-electron chi connectivity index (χ1n) is 24.5. The molecule has 0 saturated heterocycles. The van der Waals surface area contributed by atoms with Crippen LogP contribution in [0.4, 0.5) is 0 Å². The molecule has 4 heteroatoms. The summed E-state index contributed by atoms with van der Waals surface area (Å²) >= 11 is 0. The van der Waals surface area contributed by atoms with E-state index in [-0.39, 0.29) is 0 Å². The van der Waals surface area contributed by atoms with Crippen LogP contribution < -0.4 is 5.45 Å². The lowest BCUT2D eigenvalue weighted by Gasteiger charge is -2.31. The van der Waals surface area contributed by atoms with E-state index in [4.69, 9.17) is 9.97 Å². The fraction of sp³-hybridized carbons (Fsp3) is 0.0606. The van der Waals surface area contributed by atoms with Crippen molar-refractivity contribution in [2.45, 2.75) is 25.1 Å². The molecule has 15 rings (SSSR count). The molecule has 0 bridgehead atoms. The molecule has 0 N–H and O–H groups in total. The highest BCUT2D eigenvalue weighted by molar-refractivity contribution is 6.87. The van der Waals surface area contributed by atoms with Crippen molar-refractivity contribution in [3.05, 3.63) is 241 Å². The molecule has 13 aromatic rings. The van der Waals surface area contributed by atoms with Crippen LogP contribution in [0.25, 0.3) is 115 Å². The Morgan fingerprint density at radius 2 is 0.900 bits per heavy atom. The van der Waals surface area contributed by atoms with Crippen molar-refractivity contribution < 1.29 is 0 Å². The number of fused-ring (bicyclic) bond motifs is 18. The highest BCUT2D eigenvalue weighted by atomic mass is 28.3.